The maximum atomic E-state index is 12.5. The van der Waals surface area contributed by atoms with E-state index in [4.69, 9.17) is 24.2 Å². The number of carbonyl (C=O) groups excluding carboxylic acids is 3. The fourth-order valence-corrected chi connectivity index (χ4v) is 4.82. The Hall–Kier alpha value is -6.86. The third kappa shape index (κ3) is 13.4. The number of ether oxygens (including phenoxy) is 4. The molecule has 4 rings (SSSR count). The molecule has 10 nitrogen and oxygen atoms in total. The van der Waals surface area contributed by atoms with E-state index in [1.807, 2.05) is 62.4 Å². The molecule has 0 aliphatic carbocycles. The maximum Gasteiger partial charge on any atom is 0.336 e. The molecule has 0 spiro atoms. The molecule has 0 radical (unpaired) electrons. The molecule has 0 saturated heterocycles. The summed E-state index contributed by atoms with van der Waals surface area (Å²) in [5.41, 5.74) is 5.36. The van der Waals surface area contributed by atoms with Crippen LogP contribution in [0.3, 0.4) is 0 Å². The molecule has 0 atom stereocenters. The van der Waals surface area contributed by atoms with Gasteiger partial charge in [0.25, 0.3) is 0 Å². The maximum absolute atomic E-state index is 12.5. The highest BCUT2D eigenvalue weighted by molar-refractivity contribution is 6.03. The highest BCUT2D eigenvalue weighted by atomic mass is 16.5. The summed E-state index contributed by atoms with van der Waals surface area (Å²) in [6.07, 6.45) is 9.81. The first kappa shape index (κ1) is 39.9. The number of esters is 3. The minimum atomic E-state index is -0.518. The van der Waals surface area contributed by atoms with Crippen LogP contribution in [0.15, 0.2) is 132 Å². The van der Waals surface area contributed by atoms with Crippen molar-refractivity contribution in [2.45, 2.75) is 39.5 Å². The highest BCUT2D eigenvalue weighted by Gasteiger charge is 2.08. The summed E-state index contributed by atoms with van der Waals surface area (Å²) in [5, 5.41) is 18.0. The number of rotatable bonds is 18. The Bertz CT molecular complexity index is 2040. The van der Waals surface area contributed by atoms with Gasteiger partial charge in [0.15, 0.2) is 0 Å². The van der Waals surface area contributed by atoms with Gasteiger partial charge in [-0.2, -0.15) is 15.5 Å². The number of hydrogen-bond donors (Lipinski definition) is 0. The standard InChI is InChI=1S/C44H41N3O7/c1-4-40(35-17-23-38(24-18-35)53-43(49)27-15-32-9-11-34(31-45)12-10-32)46-47-41(5-2)36-19-25-39(26-20-36)54-44(50)28-16-33-13-21-37(22-14-33)51-29-7-8-30-52-42(48)6-3/h6,9-28H,3-5,7-8,29-30H2,1-2H3/b27-15+,28-16+,46-40+,47-41+. The molecule has 4 aromatic carbocycles. The van der Waals surface area contributed by atoms with Crippen molar-refractivity contribution in [3.63, 3.8) is 0 Å². The van der Waals surface area contributed by atoms with Gasteiger partial charge in [-0.15, -0.1) is 0 Å². The number of hydrogen-bond acceptors (Lipinski definition) is 10. The smallest absolute Gasteiger partial charge is 0.336 e. The van der Waals surface area contributed by atoms with E-state index in [-0.39, 0.29) is 0 Å². The van der Waals surface area contributed by atoms with Crippen LogP contribution < -0.4 is 14.2 Å². The minimum Gasteiger partial charge on any atom is -0.494 e. The molecule has 0 amide bonds. The fourth-order valence-electron chi connectivity index (χ4n) is 4.82. The quantitative estimate of drug-likeness (QED) is 0.0248. The lowest BCUT2D eigenvalue weighted by atomic mass is 10.1. The molecule has 4 aromatic rings. The van der Waals surface area contributed by atoms with Gasteiger partial charge in [0.1, 0.15) is 17.2 Å². The Morgan fingerprint density at radius 1 is 0.630 bits per heavy atom. The van der Waals surface area contributed by atoms with Gasteiger partial charge in [-0.05, 0) is 133 Å². The second-order valence-corrected chi connectivity index (χ2v) is 11.6. The first-order chi connectivity index (χ1) is 26.3. The van der Waals surface area contributed by atoms with Crippen LogP contribution in [-0.2, 0) is 19.1 Å². The monoisotopic (exact) mass is 723 g/mol. The van der Waals surface area contributed by atoms with Gasteiger partial charge >= 0.3 is 17.9 Å². The molecule has 0 fully saturated rings. The van der Waals surface area contributed by atoms with Gasteiger partial charge in [0.2, 0.25) is 0 Å². The van der Waals surface area contributed by atoms with Crippen LogP contribution in [-0.4, -0.2) is 42.5 Å². The van der Waals surface area contributed by atoms with E-state index in [2.05, 4.69) is 22.9 Å². The van der Waals surface area contributed by atoms with Crippen molar-refractivity contribution in [3.8, 4) is 23.3 Å². The summed E-state index contributed by atoms with van der Waals surface area (Å²) in [6.45, 7) is 8.15. The molecule has 0 heterocycles. The molecule has 0 aromatic heterocycles. The lowest BCUT2D eigenvalue weighted by Crippen LogP contribution is -2.05. The van der Waals surface area contributed by atoms with Crippen LogP contribution in [0.2, 0.25) is 0 Å². The lowest BCUT2D eigenvalue weighted by Gasteiger charge is -2.07. The topological polar surface area (TPSA) is 137 Å². The van der Waals surface area contributed by atoms with Crippen molar-refractivity contribution < 1.29 is 33.3 Å². The number of unbranched alkanes of at least 4 members (excludes halogenated alkanes) is 1. The molecule has 0 unspecified atom stereocenters. The van der Waals surface area contributed by atoms with Crippen LogP contribution in [0, 0.1) is 11.3 Å². The van der Waals surface area contributed by atoms with Crippen LogP contribution in [0.1, 0.15) is 67.3 Å². The van der Waals surface area contributed by atoms with Gasteiger partial charge in [0.05, 0.1) is 36.3 Å². The summed E-state index contributed by atoms with van der Waals surface area (Å²) in [6, 6.07) is 30.4. The third-order valence-corrected chi connectivity index (χ3v) is 7.74. The van der Waals surface area contributed by atoms with Gasteiger partial charge < -0.3 is 18.9 Å². The number of benzene rings is 4. The molecule has 0 saturated carbocycles. The van der Waals surface area contributed by atoms with Crippen molar-refractivity contribution in [2.75, 3.05) is 13.2 Å². The molecular weight excluding hydrogens is 682 g/mol. The molecule has 10 heteroatoms. The Kier molecular flexibility index (Phi) is 15.9. The van der Waals surface area contributed by atoms with Gasteiger partial charge in [-0.25, -0.2) is 14.4 Å². The first-order valence-electron chi connectivity index (χ1n) is 17.5. The van der Waals surface area contributed by atoms with E-state index in [9.17, 15) is 14.4 Å². The molecule has 0 aliphatic heterocycles. The van der Waals surface area contributed by atoms with Crippen LogP contribution in [0.5, 0.6) is 17.2 Å². The van der Waals surface area contributed by atoms with Crippen molar-refractivity contribution >= 4 is 41.5 Å². The Morgan fingerprint density at radius 2 is 1.07 bits per heavy atom. The van der Waals surface area contributed by atoms with E-state index in [1.165, 1.54) is 12.2 Å². The molecule has 0 N–H and O–H groups in total. The zero-order valence-corrected chi connectivity index (χ0v) is 30.3. The predicted molar refractivity (Wildman–Crippen MR) is 209 cm³/mol. The number of nitriles is 1. The summed E-state index contributed by atoms with van der Waals surface area (Å²) in [5.74, 6) is 0.0327. The first-order valence-corrected chi connectivity index (χ1v) is 17.5. The number of nitrogens with zero attached hydrogens (tertiary/aromatic N) is 3. The van der Waals surface area contributed by atoms with Gasteiger partial charge in [0, 0.05) is 18.2 Å². The largest absolute Gasteiger partial charge is 0.494 e. The normalized spacial score (nSPS) is 11.6. The molecule has 0 bridgehead atoms. The third-order valence-electron chi connectivity index (χ3n) is 7.74. The molecule has 54 heavy (non-hydrogen) atoms. The number of carbonyl (C=O) groups is 3. The Morgan fingerprint density at radius 3 is 1.52 bits per heavy atom. The SMILES string of the molecule is C=CC(=O)OCCCCOc1ccc(/C=C/C(=O)Oc2ccc(/C(CC)=N/N=C(\CC)c3ccc(OC(=O)/C=C/c4ccc(C#N)cc4)cc3)cc2)cc1. The Balaban J connectivity index is 1.26. The van der Waals surface area contributed by atoms with E-state index in [0.717, 1.165) is 46.2 Å². The van der Waals surface area contributed by atoms with Crippen LogP contribution in [0.4, 0.5) is 0 Å². The molecule has 0 aliphatic rings. The minimum absolute atomic E-state index is 0.326. The van der Waals surface area contributed by atoms with Gasteiger partial charge in [-0.3, -0.25) is 0 Å². The van der Waals surface area contributed by atoms with Crippen molar-refractivity contribution in [1.29, 1.82) is 5.26 Å². The summed E-state index contributed by atoms with van der Waals surface area (Å²) in [7, 11) is 0. The summed E-state index contributed by atoms with van der Waals surface area (Å²) in [4.78, 5) is 35.8. The van der Waals surface area contributed by atoms with E-state index >= 15 is 0 Å². The Labute approximate surface area is 315 Å². The fraction of sp³-hybridized carbons (Fsp3) is 0.182. The van der Waals surface area contributed by atoms with Crippen molar-refractivity contribution in [3.05, 3.63) is 150 Å². The highest BCUT2D eigenvalue weighted by Crippen LogP contribution is 2.18. The summed E-state index contributed by atoms with van der Waals surface area (Å²) >= 11 is 0. The summed E-state index contributed by atoms with van der Waals surface area (Å²) < 4.78 is 21.6. The van der Waals surface area contributed by atoms with Crippen LogP contribution in [0.25, 0.3) is 12.2 Å². The van der Waals surface area contributed by atoms with E-state index in [1.54, 1.807) is 60.7 Å². The zero-order valence-electron chi connectivity index (χ0n) is 30.3. The van der Waals surface area contributed by atoms with E-state index in [0.29, 0.717) is 55.3 Å². The average molecular weight is 724 g/mol. The zero-order chi connectivity index (χ0) is 38.5. The lowest BCUT2D eigenvalue weighted by molar-refractivity contribution is -0.138. The van der Waals surface area contributed by atoms with E-state index < -0.39 is 17.9 Å². The second kappa shape index (κ2) is 21.5. The second-order valence-electron chi connectivity index (χ2n) is 11.6. The van der Waals surface area contributed by atoms with Crippen molar-refractivity contribution in [2.24, 2.45) is 10.2 Å². The average Bonchev–Trinajstić information content (AvgIpc) is 3.20. The van der Waals surface area contributed by atoms with Crippen molar-refractivity contribution in [1.82, 2.24) is 0 Å². The van der Waals surface area contributed by atoms with Crippen LogP contribution >= 0.6 is 0 Å². The van der Waals surface area contributed by atoms with Gasteiger partial charge in [-0.1, -0.05) is 44.7 Å². The predicted octanol–water partition coefficient (Wildman–Crippen LogP) is 8.70. The molecular formula is C44H41N3O7. The molecule has 274 valence electrons.